The zero-order valence-electron chi connectivity index (χ0n) is 17.4. The van der Waals surface area contributed by atoms with Gasteiger partial charge in [0.15, 0.2) is 0 Å². The molecule has 3 aromatic heterocycles. The van der Waals surface area contributed by atoms with Gasteiger partial charge in [-0.25, -0.2) is 9.37 Å². The molecule has 0 bridgehead atoms. The molecule has 2 amide bonds. The number of anilines is 1. The molecule has 5 heterocycles. The summed E-state index contributed by atoms with van der Waals surface area (Å²) < 4.78 is 21.3. The summed E-state index contributed by atoms with van der Waals surface area (Å²) in [7, 11) is 0. The average Bonchev–Trinajstić information content (AvgIpc) is 3.51. The maximum Gasteiger partial charge on any atom is 0.280 e. The van der Waals surface area contributed by atoms with Gasteiger partial charge in [0, 0.05) is 12.7 Å². The van der Waals surface area contributed by atoms with Crippen LogP contribution in [0.15, 0.2) is 29.2 Å². The summed E-state index contributed by atoms with van der Waals surface area (Å²) in [5, 5.41) is 6.96. The maximum atomic E-state index is 13.3. The number of aryl methyl sites for hydroxylation is 1. The van der Waals surface area contributed by atoms with Gasteiger partial charge >= 0.3 is 0 Å². The van der Waals surface area contributed by atoms with E-state index in [0.29, 0.717) is 43.0 Å². The third-order valence-corrected chi connectivity index (χ3v) is 5.82. The standard InChI is InChI=1S/C21H21FN6O4/c1-2-13-7-18-27(10-17(29)24-16-4-3-12(22)8-23-16)19-15(20(30)28(18)25-13)9-26(21(19)31)14-5-6-32-11-14/h3-4,7-8,14H,2,5-6,9-11H2,1H3,(H,23,24,29). The van der Waals surface area contributed by atoms with E-state index in [1.165, 1.54) is 21.2 Å². The van der Waals surface area contributed by atoms with E-state index < -0.39 is 11.7 Å². The molecule has 10 nitrogen and oxygen atoms in total. The SMILES string of the molecule is CCc1cc2n(CC(=O)Nc3ccc(F)cn3)c3c(c(=O)n2n1)CN(C1CCOC1)C3=O. The van der Waals surface area contributed by atoms with Gasteiger partial charge in [-0.1, -0.05) is 6.92 Å². The molecule has 0 saturated carbocycles. The van der Waals surface area contributed by atoms with Gasteiger partial charge in [-0.15, -0.1) is 0 Å². The molecule has 0 aromatic carbocycles. The maximum absolute atomic E-state index is 13.3. The first kappa shape index (κ1) is 20.3. The zero-order valence-corrected chi connectivity index (χ0v) is 17.4. The molecule has 5 rings (SSSR count). The van der Waals surface area contributed by atoms with Crippen LogP contribution < -0.4 is 10.9 Å². The van der Waals surface area contributed by atoms with E-state index in [4.69, 9.17) is 4.74 Å². The summed E-state index contributed by atoms with van der Waals surface area (Å²) >= 11 is 0. The van der Waals surface area contributed by atoms with Crippen molar-refractivity contribution in [3.8, 4) is 0 Å². The van der Waals surface area contributed by atoms with E-state index in [9.17, 15) is 18.8 Å². The summed E-state index contributed by atoms with van der Waals surface area (Å²) in [6.07, 6.45) is 2.29. The zero-order chi connectivity index (χ0) is 22.4. The Balaban J connectivity index is 1.56. The fourth-order valence-corrected chi connectivity index (χ4v) is 4.20. The van der Waals surface area contributed by atoms with E-state index in [-0.39, 0.29) is 42.1 Å². The molecule has 11 heteroatoms. The molecular weight excluding hydrogens is 419 g/mol. The van der Waals surface area contributed by atoms with E-state index >= 15 is 0 Å². The third kappa shape index (κ3) is 3.34. The van der Waals surface area contributed by atoms with Crippen molar-refractivity contribution >= 4 is 23.3 Å². The lowest BCUT2D eigenvalue weighted by molar-refractivity contribution is -0.116. The molecule has 0 spiro atoms. The number of halogens is 1. The number of carbonyl (C=O) groups is 2. The second-order valence-electron chi connectivity index (χ2n) is 7.84. The first-order valence-electron chi connectivity index (χ1n) is 10.4. The molecule has 1 N–H and O–H groups in total. The van der Waals surface area contributed by atoms with Crippen molar-refractivity contribution in [2.24, 2.45) is 0 Å². The number of aromatic nitrogens is 4. The number of nitrogens with one attached hydrogen (secondary N) is 1. The Morgan fingerprint density at radius 3 is 2.88 bits per heavy atom. The van der Waals surface area contributed by atoms with Crippen molar-refractivity contribution in [3.05, 3.63) is 57.5 Å². The van der Waals surface area contributed by atoms with Crippen molar-refractivity contribution in [2.45, 2.75) is 38.9 Å². The van der Waals surface area contributed by atoms with Crippen LogP contribution in [0.4, 0.5) is 10.2 Å². The molecule has 3 aromatic rings. The summed E-state index contributed by atoms with van der Waals surface area (Å²) in [5.41, 5.74) is 1.19. The third-order valence-electron chi connectivity index (χ3n) is 5.82. The second-order valence-corrected chi connectivity index (χ2v) is 7.84. The fourth-order valence-electron chi connectivity index (χ4n) is 4.20. The molecular formula is C21H21FN6O4. The quantitative estimate of drug-likeness (QED) is 0.633. The molecule has 32 heavy (non-hydrogen) atoms. The molecule has 1 unspecified atom stereocenters. The van der Waals surface area contributed by atoms with E-state index in [1.807, 2.05) is 6.92 Å². The van der Waals surface area contributed by atoms with Crippen LogP contribution in [0.5, 0.6) is 0 Å². The highest BCUT2D eigenvalue weighted by Gasteiger charge is 2.39. The molecule has 0 radical (unpaired) electrons. The van der Waals surface area contributed by atoms with Crippen LogP contribution in [0, 0.1) is 5.82 Å². The normalized spacial score (nSPS) is 17.9. The number of nitrogens with zero attached hydrogens (tertiary/aromatic N) is 5. The predicted molar refractivity (Wildman–Crippen MR) is 111 cm³/mol. The number of rotatable bonds is 5. The monoisotopic (exact) mass is 440 g/mol. The summed E-state index contributed by atoms with van der Waals surface area (Å²) in [4.78, 5) is 44.8. The number of pyridine rings is 1. The first-order valence-corrected chi connectivity index (χ1v) is 10.4. The Hall–Kier alpha value is -3.60. The Morgan fingerprint density at radius 2 is 2.19 bits per heavy atom. The minimum absolute atomic E-state index is 0.112. The largest absolute Gasteiger partial charge is 0.379 e. The van der Waals surface area contributed by atoms with Crippen LogP contribution in [0.25, 0.3) is 5.65 Å². The molecule has 1 fully saturated rings. The number of amides is 2. The number of carbonyl (C=O) groups excluding carboxylic acids is 2. The Morgan fingerprint density at radius 1 is 1.34 bits per heavy atom. The lowest BCUT2D eigenvalue weighted by Gasteiger charge is -2.22. The Kier molecular flexibility index (Phi) is 4.97. The number of ether oxygens (including phenoxy) is 1. The van der Waals surface area contributed by atoms with Crippen LogP contribution in [0.2, 0.25) is 0 Å². The lowest BCUT2D eigenvalue weighted by atomic mass is 10.2. The van der Waals surface area contributed by atoms with Crippen molar-refractivity contribution in [2.75, 3.05) is 18.5 Å². The van der Waals surface area contributed by atoms with Crippen LogP contribution in [-0.2, 0) is 29.0 Å². The van der Waals surface area contributed by atoms with Gasteiger partial charge in [-0.05, 0) is 25.0 Å². The van der Waals surface area contributed by atoms with Crippen molar-refractivity contribution < 1.29 is 18.7 Å². The van der Waals surface area contributed by atoms with Gasteiger partial charge in [0.05, 0.1) is 36.6 Å². The van der Waals surface area contributed by atoms with E-state index in [1.54, 1.807) is 11.0 Å². The predicted octanol–water partition coefficient (Wildman–Crippen LogP) is 0.976. The van der Waals surface area contributed by atoms with E-state index in [2.05, 4.69) is 15.4 Å². The highest BCUT2D eigenvalue weighted by molar-refractivity contribution is 5.98. The molecule has 1 atom stereocenters. The molecule has 1 saturated heterocycles. The number of hydrogen-bond acceptors (Lipinski definition) is 6. The van der Waals surface area contributed by atoms with Crippen LogP contribution in [0.3, 0.4) is 0 Å². The van der Waals surface area contributed by atoms with E-state index in [0.717, 1.165) is 6.20 Å². The Bertz CT molecular complexity index is 1280. The van der Waals surface area contributed by atoms with Gasteiger partial charge in [0.2, 0.25) is 5.91 Å². The average molecular weight is 440 g/mol. The van der Waals surface area contributed by atoms with Crippen molar-refractivity contribution in [1.29, 1.82) is 0 Å². The van der Waals surface area contributed by atoms with Gasteiger partial charge in [-0.2, -0.15) is 9.61 Å². The number of hydrogen-bond donors (Lipinski definition) is 1. The highest BCUT2D eigenvalue weighted by atomic mass is 19.1. The van der Waals surface area contributed by atoms with Crippen molar-refractivity contribution in [3.63, 3.8) is 0 Å². The fraction of sp³-hybridized carbons (Fsp3) is 0.381. The van der Waals surface area contributed by atoms with Gasteiger partial charge < -0.3 is 19.5 Å². The smallest absolute Gasteiger partial charge is 0.280 e. The molecule has 2 aliphatic rings. The van der Waals surface area contributed by atoms with Gasteiger partial charge in [0.1, 0.15) is 29.5 Å². The summed E-state index contributed by atoms with van der Waals surface area (Å²) in [5.74, 6) is -1.10. The first-order chi connectivity index (χ1) is 15.5. The molecule has 166 valence electrons. The highest BCUT2D eigenvalue weighted by Crippen LogP contribution is 2.27. The lowest BCUT2D eigenvalue weighted by Crippen LogP contribution is -2.36. The molecule has 0 aliphatic carbocycles. The van der Waals surface area contributed by atoms with Crippen LogP contribution in [0.1, 0.15) is 35.1 Å². The van der Waals surface area contributed by atoms with Gasteiger partial charge in [-0.3, -0.25) is 14.4 Å². The minimum Gasteiger partial charge on any atom is -0.379 e. The van der Waals surface area contributed by atoms with Crippen LogP contribution in [-0.4, -0.2) is 55.1 Å². The minimum atomic E-state index is -0.518. The second kappa shape index (κ2) is 7.83. The van der Waals surface area contributed by atoms with Gasteiger partial charge in [0.25, 0.3) is 11.5 Å². The summed E-state index contributed by atoms with van der Waals surface area (Å²) in [6, 6.07) is 4.13. The summed E-state index contributed by atoms with van der Waals surface area (Å²) in [6.45, 7) is 2.80. The number of fused-ring (bicyclic) bond motifs is 2. The molecule has 2 aliphatic heterocycles. The Labute approximate surface area is 181 Å². The van der Waals surface area contributed by atoms with Crippen molar-refractivity contribution in [1.82, 2.24) is 24.1 Å². The topological polar surface area (TPSA) is 111 Å². The van der Waals surface area contributed by atoms with Crippen LogP contribution >= 0.6 is 0 Å².